The zero-order chi connectivity index (χ0) is 26.5. The van der Waals surface area contributed by atoms with Crippen LogP contribution in [0, 0.1) is 6.92 Å². The highest BCUT2D eigenvalue weighted by molar-refractivity contribution is 7.89. The van der Waals surface area contributed by atoms with Gasteiger partial charge in [-0.05, 0) is 43.2 Å². The summed E-state index contributed by atoms with van der Waals surface area (Å²) in [5, 5.41) is 19.0. The third kappa shape index (κ3) is 7.51. The number of piperazine rings is 1. The first-order chi connectivity index (χ1) is 16.9. The fourth-order valence-corrected chi connectivity index (χ4v) is 5.34. The fourth-order valence-electron chi connectivity index (χ4n) is 3.78. The molecule has 0 unspecified atom stereocenters. The van der Waals surface area contributed by atoms with Crippen molar-refractivity contribution < 1.29 is 31.5 Å². The largest absolute Gasteiger partial charge is 0.490 e. The number of tetrazole rings is 1. The van der Waals surface area contributed by atoms with E-state index < -0.39 is 22.2 Å². The summed E-state index contributed by atoms with van der Waals surface area (Å²) in [6.45, 7) is 6.12. The summed E-state index contributed by atoms with van der Waals surface area (Å²) in [5.41, 5.74) is 0.963. The van der Waals surface area contributed by atoms with Crippen LogP contribution in [0.4, 0.5) is 18.9 Å². The van der Waals surface area contributed by atoms with Crippen LogP contribution in [0.5, 0.6) is 0 Å². The molecule has 2 aliphatic rings. The number of aromatic nitrogens is 4. The average Bonchev–Trinajstić information content (AvgIpc) is 3.17. The van der Waals surface area contributed by atoms with Crippen LogP contribution < -0.4 is 9.62 Å². The molecule has 1 saturated heterocycles. The van der Waals surface area contributed by atoms with E-state index in [9.17, 15) is 21.6 Å². The molecule has 2 fully saturated rings. The predicted octanol–water partition coefficient (Wildman–Crippen LogP) is 1.92. The van der Waals surface area contributed by atoms with E-state index in [1.54, 1.807) is 19.1 Å². The molecule has 2 aromatic rings. The molecule has 1 saturated carbocycles. The van der Waals surface area contributed by atoms with E-state index in [2.05, 4.69) is 29.9 Å². The van der Waals surface area contributed by atoms with Gasteiger partial charge in [0.2, 0.25) is 10.0 Å². The third-order valence-electron chi connectivity index (χ3n) is 5.87. The molecule has 0 radical (unpaired) electrons. The molecule has 0 atom stereocenters. The van der Waals surface area contributed by atoms with Crippen LogP contribution in [0.2, 0.25) is 5.02 Å². The zero-order valence-electron chi connectivity index (χ0n) is 19.4. The number of nitrogens with zero attached hydrogens (tertiary/aromatic N) is 6. The minimum absolute atomic E-state index is 0.0822. The monoisotopic (exact) mass is 553 g/mol. The van der Waals surface area contributed by atoms with Crippen molar-refractivity contribution in [2.75, 3.05) is 37.6 Å². The Kier molecular flexibility index (Phi) is 9.13. The molecule has 36 heavy (non-hydrogen) atoms. The Balaban J connectivity index is 0.000000454. The molecule has 0 amide bonds. The van der Waals surface area contributed by atoms with Crippen LogP contribution in [0.15, 0.2) is 23.1 Å². The second-order valence-electron chi connectivity index (χ2n) is 8.36. The van der Waals surface area contributed by atoms with Crippen molar-refractivity contribution in [3.05, 3.63) is 29.0 Å². The number of anilines is 1. The molecule has 0 spiro atoms. The second kappa shape index (κ2) is 11.7. The minimum Gasteiger partial charge on any atom is -0.475 e. The van der Waals surface area contributed by atoms with Crippen molar-refractivity contribution in [3.8, 4) is 0 Å². The lowest BCUT2D eigenvalue weighted by atomic mass is 9.91. The average molecular weight is 554 g/mol. The lowest BCUT2D eigenvalue weighted by Gasteiger charge is -2.43. The van der Waals surface area contributed by atoms with Gasteiger partial charge in [0.1, 0.15) is 4.90 Å². The van der Waals surface area contributed by atoms with Crippen LogP contribution in [0.25, 0.3) is 0 Å². The van der Waals surface area contributed by atoms with E-state index in [1.807, 2.05) is 6.07 Å². The number of hydrogen-bond donors (Lipinski definition) is 2. The van der Waals surface area contributed by atoms with E-state index in [-0.39, 0.29) is 16.5 Å². The number of aryl methyl sites for hydroxylation is 1. The smallest absolute Gasteiger partial charge is 0.475 e. The Hall–Kier alpha value is -2.49. The Morgan fingerprint density at radius 3 is 2.33 bits per heavy atom. The van der Waals surface area contributed by atoms with E-state index in [0.29, 0.717) is 12.4 Å². The third-order valence-corrected chi connectivity index (χ3v) is 7.82. The first-order valence-electron chi connectivity index (χ1n) is 11.2. The molecule has 1 aliphatic heterocycles. The number of nitrogens with one attached hydrogen (secondary N) is 1. The number of halogens is 4. The van der Waals surface area contributed by atoms with Gasteiger partial charge < -0.3 is 10.0 Å². The number of sulfonamides is 1. The molecule has 2 N–H and O–H groups in total. The van der Waals surface area contributed by atoms with Gasteiger partial charge in [-0.15, -0.1) is 10.2 Å². The lowest BCUT2D eigenvalue weighted by Crippen LogP contribution is -2.52. The van der Waals surface area contributed by atoms with E-state index in [0.717, 1.165) is 37.9 Å². The molecule has 11 nitrogen and oxygen atoms in total. The first kappa shape index (κ1) is 28.1. The van der Waals surface area contributed by atoms with Crippen molar-refractivity contribution in [1.29, 1.82) is 0 Å². The molecule has 1 aromatic carbocycles. The highest BCUT2D eigenvalue weighted by Gasteiger charge is 2.38. The van der Waals surface area contributed by atoms with Crippen LogP contribution in [-0.4, -0.2) is 89.5 Å². The van der Waals surface area contributed by atoms with Gasteiger partial charge in [-0.25, -0.2) is 17.9 Å². The maximum atomic E-state index is 12.6. The van der Waals surface area contributed by atoms with Crippen LogP contribution >= 0.6 is 11.6 Å². The summed E-state index contributed by atoms with van der Waals surface area (Å²) < 4.78 is 59.5. The minimum atomic E-state index is -5.08. The Morgan fingerprint density at radius 2 is 1.86 bits per heavy atom. The Morgan fingerprint density at radius 1 is 1.22 bits per heavy atom. The van der Waals surface area contributed by atoms with E-state index >= 15 is 0 Å². The van der Waals surface area contributed by atoms with Crippen molar-refractivity contribution in [2.45, 2.75) is 49.8 Å². The molecular weight excluding hydrogens is 527 g/mol. The number of carboxylic acid groups (broad SMARTS) is 1. The van der Waals surface area contributed by atoms with Gasteiger partial charge in [0.15, 0.2) is 5.82 Å². The summed E-state index contributed by atoms with van der Waals surface area (Å²) in [7, 11) is -3.72. The van der Waals surface area contributed by atoms with Gasteiger partial charge in [-0.3, -0.25) is 4.90 Å². The van der Waals surface area contributed by atoms with Crippen LogP contribution in [0.1, 0.15) is 25.1 Å². The standard InChI is InChI=1S/C18H26ClN7O2S.C2HF3O2/c1-14-21-23-26(22-14)8-7-20-29(27,28)18-6-5-16(13-17(18)19)25-11-9-24(10-12-25)15-3-2-4-15;3-2(4,5)1(6)7/h5-6,13,15,20H,2-4,7-12H2,1H3;(H,6,7). The summed E-state index contributed by atoms with van der Waals surface area (Å²) >= 11 is 6.35. The van der Waals surface area contributed by atoms with Gasteiger partial charge in [0.05, 0.1) is 11.6 Å². The number of carbonyl (C=O) groups is 1. The molecule has 2 heterocycles. The molecule has 1 aliphatic carbocycles. The number of benzene rings is 1. The van der Waals surface area contributed by atoms with Gasteiger partial charge >= 0.3 is 12.1 Å². The maximum Gasteiger partial charge on any atom is 0.490 e. The lowest BCUT2D eigenvalue weighted by molar-refractivity contribution is -0.192. The summed E-state index contributed by atoms with van der Waals surface area (Å²) in [6, 6.07) is 5.92. The van der Waals surface area contributed by atoms with E-state index in [1.165, 1.54) is 24.1 Å². The summed E-state index contributed by atoms with van der Waals surface area (Å²) in [5.74, 6) is -2.22. The quantitative estimate of drug-likeness (QED) is 0.527. The normalized spacial score (nSPS) is 17.3. The fraction of sp³-hybridized carbons (Fsp3) is 0.600. The number of hydrogen-bond acceptors (Lipinski definition) is 8. The molecular formula is C20H27ClF3N7O4S. The van der Waals surface area contributed by atoms with Crippen molar-refractivity contribution in [3.63, 3.8) is 0 Å². The Labute approximate surface area is 211 Å². The van der Waals surface area contributed by atoms with E-state index in [4.69, 9.17) is 21.5 Å². The first-order valence-corrected chi connectivity index (χ1v) is 13.1. The number of carboxylic acids is 1. The number of alkyl halides is 3. The van der Waals surface area contributed by atoms with Gasteiger partial charge in [0.25, 0.3) is 0 Å². The molecule has 200 valence electrons. The van der Waals surface area contributed by atoms with Gasteiger partial charge in [-0.1, -0.05) is 18.0 Å². The maximum absolute atomic E-state index is 12.6. The molecule has 0 bridgehead atoms. The summed E-state index contributed by atoms with van der Waals surface area (Å²) in [4.78, 5) is 15.2. The molecule has 1 aromatic heterocycles. The van der Waals surface area contributed by atoms with Crippen molar-refractivity contribution in [2.24, 2.45) is 0 Å². The number of aliphatic carboxylic acids is 1. The number of rotatable bonds is 7. The predicted molar refractivity (Wildman–Crippen MR) is 124 cm³/mol. The van der Waals surface area contributed by atoms with Crippen molar-refractivity contribution >= 4 is 33.3 Å². The molecule has 16 heteroatoms. The highest BCUT2D eigenvalue weighted by atomic mass is 35.5. The van der Waals surface area contributed by atoms with Gasteiger partial charge in [-0.2, -0.15) is 18.0 Å². The molecule has 4 rings (SSSR count). The topological polar surface area (TPSA) is 134 Å². The van der Waals surface area contributed by atoms with Gasteiger partial charge in [0, 0.05) is 44.5 Å². The SMILES string of the molecule is Cc1nnn(CCNS(=O)(=O)c2ccc(N3CCN(C4CCC4)CC3)cc2Cl)n1.O=C(O)C(F)(F)F. The zero-order valence-corrected chi connectivity index (χ0v) is 21.0. The van der Waals surface area contributed by atoms with Crippen LogP contribution in [0.3, 0.4) is 0 Å². The van der Waals surface area contributed by atoms with Crippen LogP contribution in [-0.2, 0) is 21.4 Å². The Bertz CT molecular complexity index is 1150. The second-order valence-corrected chi connectivity index (χ2v) is 10.5. The summed E-state index contributed by atoms with van der Waals surface area (Å²) in [6.07, 6.45) is -1.10. The highest BCUT2D eigenvalue weighted by Crippen LogP contribution is 2.30. The van der Waals surface area contributed by atoms with Crippen molar-refractivity contribution in [1.82, 2.24) is 29.8 Å².